The molecule has 1 saturated heterocycles. The van der Waals surface area contributed by atoms with E-state index in [1.165, 1.54) is 0 Å². The first-order valence-electron chi connectivity index (χ1n) is 7.59. The molecule has 2 aromatic rings. The van der Waals surface area contributed by atoms with Crippen molar-refractivity contribution in [3.05, 3.63) is 40.5 Å². The van der Waals surface area contributed by atoms with E-state index in [1.54, 1.807) is 35.9 Å². The van der Waals surface area contributed by atoms with Gasteiger partial charge >= 0.3 is 0 Å². The zero-order valence-corrected chi connectivity index (χ0v) is 13.4. The van der Waals surface area contributed by atoms with Crippen LogP contribution in [0.5, 0.6) is 5.88 Å². The maximum Gasteiger partial charge on any atom is 0.254 e. The fourth-order valence-corrected chi connectivity index (χ4v) is 3.55. The number of pyridine rings is 1. The molecule has 22 heavy (non-hydrogen) atoms. The first-order valence-corrected chi connectivity index (χ1v) is 8.46. The molecule has 1 aliphatic heterocycles. The molecule has 1 aliphatic rings. The van der Waals surface area contributed by atoms with Crippen molar-refractivity contribution >= 4 is 17.2 Å². The highest BCUT2D eigenvalue weighted by molar-refractivity contribution is 7.09. The highest BCUT2D eigenvalue weighted by Crippen LogP contribution is 2.33. The van der Waals surface area contributed by atoms with Gasteiger partial charge in [0.2, 0.25) is 5.88 Å². The zero-order valence-electron chi connectivity index (χ0n) is 12.6. The van der Waals surface area contributed by atoms with Gasteiger partial charge in [0.05, 0.1) is 12.6 Å². The summed E-state index contributed by atoms with van der Waals surface area (Å²) in [6.45, 7) is 3.21. The van der Waals surface area contributed by atoms with Crippen LogP contribution in [0, 0.1) is 0 Å². The Morgan fingerprint density at radius 1 is 1.41 bits per heavy atom. The summed E-state index contributed by atoms with van der Waals surface area (Å²) in [5.41, 5.74) is 0.627. The van der Waals surface area contributed by atoms with Crippen molar-refractivity contribution in [3.8, 4) is 5.88 Å². The number of likely N-dealkylation sites (tertiary alicyclic amines) is 1. The first kappa shape index (κ1) is 15.0. The SMILES string of the molecule is CCOc1cc(C(=O)N2CCCCC2c2nccs2)ccn1. The molecule has 0 spiro atoms. The van der Waals surface area contributed by atoms with Gasteiger partial charge in [0, 0.05) is 35.9 Å². The molecular formula is C16H19N3O2S. The van der Waals surface area contributed by atoms with Gasteiger partial charge < -0.3 is 9.64 Å². The van der Waals surface area contributed by atoms with Gasteiger partial charge in [0.25, 0.3) is 5.91 Å². The third-order valence-corrected chi connectivity index (χ3v) is 4.65. The van der Waals surface area contributed by atoms with Crippen LogP contribution in [0.25, 0.3) is 0 Å². The Labute approximate surface area is 134 Å². The summed E-state index contributed by atoms with van der Waals surface area (Å²) >= 11 is 1.62. The van der Waals surface area contributed by atoms with Crippen molar-refractivity contribution in [2.45, 2.75) is 32.2 Å². The first-order chi connectivity index (χ1) is 10.8. The Morgan fingerprint density at radius 3 is 3.09 bits per heavy atom. The monoisotopic (exact) mass is 317 g/mol. The van der Waals surface area contributed by atoms with Gasteiger partial charge in [-0.1, -0.05) is 0 Å². The molecule has 0 saturated carbocycles. The summed E-state index contributed by atoms with van der Waals surface area (Å²) in [6, 6.07) is 3.56. The summed E-state index contributed by atoms with van der Waals surface area (Å²) in [7, 11) is 0. The number of carbonyl (C=O) groups is 1. The van der Waals surface area contributed by atoms with Gasteiger partial charge in [0.15, 0.2) is 0 Å². The number of thiazole rings is 1. The number of carbonyl (C=O) groups excluding carboxylic acids is 1. The van der Waals surface area contributed by atoms with Crippen LogP contribution in [0.1, 0.15) is 47.6 Å². The maximum absolute atomic E-state index is 12.9. The van der Waals surface area contributed by atoms with Crippen molar-refractivity contribution in [3.63, 3.8) is 0 Å². The van der Waals surface area contributed by atoms with E-state index in [2.05, 4.69) is 9.97 Å². The molecule has 0 aromatic carbocycles. The third kappa shape index (κ3) is 3.11. The second kappa shape index (κ2) is 6.87. The van der Waals surface area contributed by atoms with Crippen LogP contribution < -0.4 is 4.74 Å². The van der Waals surface area contributed by atoms with Crippen LogP contribution in [-0.2, 0) is 0 Å². The van der Waals surface area contributed by atoms with Crippen molar-refractivity contribution in [2.75, 3.05) is 13.2 Å². The summed E-state index contributed by atoms with van der Waals surface area (Å²) in [6.07, 6.45) is 6.58. The minimum Gasteiger partial charge on any atom is -0.478 e. The number of nitrogens with zero attached hydrogens (tertiary/aromatic N) is 3. The van der Waals surface area contributed by atoms with Crippen molar-refractivity contribution < 1.29 is 9.53 Å². The Morgan fingerprint density at radius 2 is 2.32 bits per heavy atom. The van der Waals surface area contributed by atoms with Gasteiger partial charge in [-0.2, -0.15) is 0 Å². The predicted octanol–water partition coefficient (Wildman–Crippen LogP) is 3.30. The molecule has 1 amide bonds. The molecule has 1 atom stereocenters. The van der Waals surface area contributed by atoms with Crippen LogP contribution in [0.4, 0.5) is 0 Å². The lowest BCUT2D eigenvalue weighted by atomic mass is 10.0. The topological polar surface area (TPSA) is 55.3 Å². The number of ether oxygens (including phenoxy) is 1. The molecule has 2 aromatic heterocycles. The quantitative estimate of drug-likeness (QED) is 0.868. The van der Waals surface area contributed by atoms with Gasteiger partial charge in [-0.3, -0.25) is 4.79 Å². The van der Waals surface area contributed by atoms with E-state index in [0.29, 0.717) is 18.1 Å². The van der Waals surface area contributed by atoms with Crippen LogP contribution in [-0.4, -0.2) is 33.9 Å². The number of piperidine rings is 1. The average molecular weight is 317 g/mol. The lowest BCUT2D eigenvalue weighted by Gasteiger charge is -2.34. The predicted molar refractivity (Wildman–Crippen MR) is 85.1 cm³/mol. The highest BCUT2D eigenvalue weighted by Gasteiger charge is 2.30. The van der Waals surface area contributed by atoms with Crippen LogP contribution in [0.3, 0.4) is 0 Å². The second-order valence-electron chi connectivity index (χ2n) is 5.20. The Bertz CT molecular complexity index is 630. The molecule has 3 rings (SSSR count). The Hall–Kier alpha value is -1.95. The van der Waals surface area contributed by atoms with Crippen molar-refractivity contribution in [2.24, 2.45) is 0 Å². The Balaban J connectivity index is 1.84. The molecule has 5 nitrogen and oxygen atoms in total. The molecule has 0 N–H and O–H groups in total. The average Bonchev–Trinajstić information content (AvgIpc) is 3.09. The van der Waals surface area contributed by atoms with E-state index in [4.69, 9.17) is 4.74 Å². The van der Waals surface area contributed by atoms with E-state index in [1.807, 2.05) is 17.2 Å². The minimum atomic E-state index is 0.0308. The molecule has 1 fully saturated rings. The van der Waals surface area contributed by atoms with Gasteiger partial charge in [-0.15, -0.1) is 11.3 Å². The standard InChI is InChI=1S/C16H19N3O2S/c1-2-21-14-11-12(6-7-17-14)16(20)19-9-4-3-5-13(19)15-18-8-10-22-15/h6-8,10-11,13H,2-5,9H2,1H3. The number of amides is 1. The molecule has 0 radical (unpaired) electrons. The third-order valence-electron chi connectivity index (χ3n) is 3.77. The van der Waals surface area contributed by atoms with E-state index < -0.39 is 0 Å². The van der Waals surface area contributed by atoms with Crippen molar-refractivity contribution in [1.82, 2.24) is 14.9 Å². The lowest BCUT2D eigenvalue weighted by Crippen LogP contribution is -2.38. The van der Waals surface area contributed by atoms with Crippen LogP contribution >= 0.6 is 11.3 Å². The highest BCUT2D eigenvalue weighted by atomic mass is 32.1. The molecule has 0 bridgehead atoms. The summed E-state index contributed by atoms with van der Waals surface area (Å²) in [5, 5.41) is 2.99. The normalized spacial score (nSPS) is 18.2. The van der Waals surface area contributed by atoms with Crippen LogP contribution in [0.15, 0.2) is 29.9 Å². The largest absolute Gasteiger partial charge is 0.478 e. The summed E-state index contributed by atoms with van der Waals surface area (Å²) in [4.78, 5) is 23.3. The zero-order chi connectivity index (χ0) is 15.4. The van der Waals surface area contributed by atoms with E-state index in [0.717, 1.165) is 30.8 Å². The summed E-state index contributed by atoms with van der Waals surface area (Å²) in [5.74, 6) is 0.527. The van der Waals surface area contributed by atoms with E-state index in [-0.39, 0.29) is 11.9 Å². The van der Waals surface area contributed by atoms with Crippen molar-refractivity contribution in [1.29, 1.82) is 0 Å². The molecule has 116 valence electrons. The minimum absolute atomic E-state index is 0.0308. The fourth-order valence-electron chi connectivity index (χ4n) is 2.77. The lowest BCUT2D eigenvalue weighted by molar-refractivity contribution is 0.0610. The van der Waals surface area contributed by atoms with Crippen LogP contribution in [0.2, 0.25) is 0 Å². The van der Waals surface area contributed by atoms with Gasteiger partial charge in [-0.05, 0) is 32.3 Å². The van der Waals surface area contributed by atoms with E-state index >= 15 is 0 Å². The van der Waals surface area contributed by atoms with Gasteiger partial charge in [-0.25, -0.2) is 9.97 Å². The molecule has 3 heterocycles. The number of hydrogen-bond acceptors (Lipinski definition) is 5. The number of aromatic nitrogens is 2. The van der Waals surface area contributed by atoms with Gasteiger partial charge in [0.1, 0.15) is 5.01 Å². The molecule has 0 aliphatic carbocycles. The smallest absolute Gasteiger partial charge is 0.254 e. The van der Waals surface area contributed by atoms with E-state index in [9.17, 15) is 4.79 Å². The molecule has 6 heteroatoms. The number of hydrogen-bond donors (Lipinski definition) is 0. The molecular weight excluding hydrogens is 298 g/mol. The number of rotatable bonds is 4. The molecule has 1 unspecified atom stereocenters. The second-order valence-corrected chi connectivity index (χ2v) is 6.12. The Kier molecular flexibility index (Phi) is 4.68. The summed E-state index contributed by atoms with van der Waals surface area (Å²) < 4.78 is 5.39. The fraction of sp³-hybridized carbons (Fsp3) is 0.438. The maximum atomic E-state index is 12.9.